The first-order valence-corrected chi connectivity index (χ1v) is 7.11. The smallest absolute Gasteiger partial charge is 0.0991 e. The first-order valence-electron chi connectivity index (χ1n) is 7.11. The summed E-state index contributed by atoms with van der Waals surface area (Å²) in [5.74, 6) is 0. The molecule has 1 unspecified atom stereocenters. The van der Waals surface area contributed by atoms with Gasteiger partial charge in [0.05, 0.1) is 18.2 Å². The predicted octanol–water partition coefficient (Wildman–Crippen LogP) is 2.00. The topological polar surface area (TPSA) is 65.3 Å². The predicted molar refractivity (Wildman–Crippen MR) is 77.1 cm³/mol. The van der Waals surface area contributed by atoms with Crippen molar-refractivity contribution >= 4 is 0 Å². The lowest BCUT2D eigenvalue weighted by atomic mass is 9.80. The third kappa shape index (κ3) is 3.57. The average molecular weight is 274 g/mol. The average Bonchev–Trinajstić information content (AvgIpc) is 2.53. The molecular formula is C16H22N2O2. The van der Waals surface area contributed by atoms with E-state index in [1.54, 1.807) is 0 Å². The molecule has 0 spiro atoms. The highest BCUT2D eigenvalue weighted by Crippen LogP contribution is 2.30. The van der Waals surface area contributed by atoms with E-state index >= 15 is 0 Å². The molecule has 1 aliphatic heterocycles. The van der Waals surface area contributed by atoms with Crippen LogP contribution < -0.4 is 5.32 Å². The van der Waals surface area contributed by atoms with Gasteiger partial charge in [-0.2, -0.15) is 5.26 Å². The van der Waals surface area contributed by atoms with E-state index in [2.05, 4.69) is 18.3 Å². The van der Waals surface area contributed by atoms with Crippen LogP contribution in [0, 0.1) is 16.7 Å². The van der Waals surface area contributed by atoms with E-state index in [-0.39, 0.29) is 18.1 Å². The Hall–Kier alpha value is -1.41. The standard InChI is InChI=1S/C16H22N2O2/c1-13(15-4-2-14(10-17)3-5-15)18-11-16(12-19)6-8-20-9-7-16/h2-5,13,18-19H,6-9,11-12H2,1H3. The molecule has 4 nitrogen and oxygen atoms in total. The molecule has 0 saturated carbocycles. The third-order valence-corrected chi connectivity index (χ3v) is 4.21. The molecule has 2 rings (SSSR count). The van der Waals surface area contributed by atoms with Gasteiger partial charge in [0, 0.05) is 31.2 Å². The Kier molecular flexibility index (Phi) is 5.13. The van der Waals surface area contributed by atoms with Gasteiger partial charge in [0.2, 0.25) is 0 Å². The van der Waals surface area contributed by atoms with Crippen LogP contribution in [0.5, 0.6) is 0 Å². The highest BCUT2D eigenvalue weighted by atomic mass is 16.5. The number of aliphatic hydroxyl groups is 1. The molecule has 4 heteroatoms. The number of nitrogens with zero attached hydrogens (tertiary/aromatic N) is 1. The van der Waals surface area contributed by atoms with Gasteiger partial charge in [0.25, 0.3) is 0 Å². The molecule has 0 aromatic heterocycles. The Morgan fingerprint density at radius 3 is 2.55 bits per heavy atom. The number of nitrogens with one attached hydrogen (secondary N) is 1. The van der Waals surface area contributed by atoms with Crippen molar-refractivity contribution in [3.05, 3.63) is 35.4 Å². The van der Waals surface area contributed by atoms with Crippen molar-refractivity contribution in [3.63, 3.8) is 0 Å². The SMILES string of the molecule is CC(NCC1(CO)CCOCC1)c1ccc(C#N)cc1. The summed E-state index contributed by atoms with van der Waals surface area (Å²) in [6.07, 6.45) is 1.80. The summed E-state index contributed by atoms with van der Waals surface area (Å²) in [5, 5.41) is 22.0. The maximum absolute atomic E-state index is 9.66. The first-order chi connectivity index (χ1) is 9.69. The monoisotopic (exact) mass is 274 g/mol. The van der Waals surface area contributed by atoms with Gasteiger partial charge in [-0.25, -0.2) is 0 Å². The second-order valence-electron chi connectivity index (χ2n) is 5.61. The summed E-state index contributed by atoms with van der Waals surface area (Å²) in [6.45, 7) is 4.55. The van der Waals surface area contributed by atoms with Gasteiger partial charge in [-0.05, 0) is 37.5 Å². The zero-order valence-corrected chi connectivity index (χ0v) is 11.9. The molecule has 0 aliphatic carbocycles. The Morgan fingerprint density at radius 2 is 2.00 bits per heavy atom. The molecule has 1 atom stereocenters. The lowest BCUT2D eigenvalue weighted by molar-refractivity contribution is -0.0163. The molecule has 108 valence electrons. The van der Waals surface area contributed by atoms with E-state index in [4.69, 9.17) is 10.00 Å². The Morgan fingerprint density at radius 1 is 1.35 bits per heavy atom. The van der Waals surface area contributed by atoms with E-state index in [1.165, 1.54) is 0 Å². The van der Waals surface area contributed by atoms with Crippen molar-refractivity contribution in [2.75, 3.05) is 26.4 Å². The maximum atomic E-state index is 9.66. The van der Waals surface area contributed by atoms with Gasteiger partial charge in [-0.1, -0.05) is 12.1 Å². The van der Waals surface area contributed by atoms with Crippen molar-refractivity contribution in [1.29, 1.82) is 5.26 Å². The van der Waals surface area contributed by atoms with Crippen LogP contribution in [0.2, 0.25) is 0 Å². The molecule has 0 radical (unpaired) electrons. The fourth-order valence-electron chi connectivity index (χ4n) is 2.53. The van der Waals surface area contributed by atoms with Crippen LogP contribution in [0.1, 0.15) is 36.9 Å². The van der Waals surface area contributed by atoms with Gasteiger partial charge >= 0.3 is 0 Å². The van der Waals surface area contributed by atoms with Crippen LogP contribution in [-0.2, 0) is 4.74 Å². The Labute approximate surface area is 120 Å². The number of benzene rings is 1. The van der Waals surface area contributed by atoms with Crippen LogP contribution in [0.15, 0.2) is 24.3 Å². The molecule has 1 aromatic carbocycles. The minimum atomic E-state index is -0.0564. The number of aliphatic hydroxyl groups excluding tert-OH is 1. The molecule has 1 aliphatic rings. The van der Waals surface area contributed by atoms with Crippen LogP contribution in [-0.4, -0.2) is 31.5 Å². The zero-order chi connectivity index (χ0) is 14.4. The summed E-state index contributed by atoms with van der Waals surface area (Å²) >= 11 is 0. The summed E-state index contributed by atoms with van der Waals surface area (Å²) in [7, 11) is 0. The van der Waals surface area contributed by atoms with Crippen LogP contribution in [0.25, 0.3) is 0 Å². The number of ether oxygens (including phenoxy) is 1. The van der Waals surface area contributed by atoms with Gasteiger partial charge < -0.3 is 15.2 Å². The molecule has 20 heavy (non-hydrogen) atoms. The van der Waals surface area contributed by atoms with E-state index in [9.17, 15) is 5.11 Å². The van der Waals surface area contributed by atoms with Gasteiger partial charge in [-0.3, -0.25) is 0 Å². The van der Waals surface area contributed by atoms with Crippen molar-refractivity contribution in [3.8, 4) is 6.07 Å². The summed E-state index contributed by atoms with van der Waals surface area (Å²) in [6, 6.07) is 9.96. The van der Waals surface area contributed by atoms with Crippen molar-refractivity contribution in [1.82, 2.24) is 5.32 Å². The molecule has 1 aromatic rings. The minimum Gasteiger partial charge on any atom is -0.396 e. The molecule has 2 N–H and O–H groups in total. The van der Waals surface area contributed by atoms with Crippen molar-refractivity contribution in [2.24, 2.45) is 5.41 Å². The lowest BCUT2D eigenvalue weighted by Crippen LogP contribution is -2.42. The summed E-state index contributed by atoms with van der Waals surface area (Å²) in [4.78, 5) is 0. The fraction of sp³-hybridized carbons (Fsp3) is 0.562. The minimum absolute atomic E-state index is 0.0564. The Balaban J connectivity index is 1.93. The van der Waals surface area contributed by atoms with E-state index in [0.29, 0.717) is 5.56 Å². The number of hydrogen-bond donors (Lipinski definition) is 2. The second-order valence-corrected chi connectivity index (χ2v) is 5.61. The van der Waals surface area contributed by atoms with E-state index in [0.717, 1.165) is 38.2 Å². The molecular weight excluding hydrogens is 252 g/mol. The van der Waals surface area contributed by atoms with Crippen molar-refractivity contribution < 1.29 is 9.84 Å². The zero-order valence-electron chi connectivity index (χ0n) is 11.9. The van der Waals surface area contributed by atoms with Gasteiger partial charge in [-0.15, -0.1) is 0 Å². The second kappa shape index (κ2) is 6.85. The Bertz CT molecular complexity index is 458. The van der Waals surface area contributed by atoms with Crippen molar-refractivity contribution in [2.45, 2.75) is 25.8 Å². The van der Waals surface area contributed by atoms with E-state index in [1.807, 2.05) is 24.3 Å². The molecule has 1 fully saturated rings. The molecule has 1 saturated heterocycles. The van der Waals surface area contributed by atoms with Crippen LogP contribution in [0.3, 0.4) is 0 Å². The number of hydrogen-bond acceptors (Lipinski definition) is 4. The van der Waals surface area contributed by atoms with Crippen LogP contribution in [0.4, 0.5) is 0 Å². The number of rotatable bonds is 5. The molecule has 0 bridgehead atoms. The van der Waals surface area contributed by atoms with Crippen LogP contribution >= 0.6 is 0 Å². The normalized spacial score (nSPS) is 19.2. The third-order valence-electron chi connectivity index (χ3n) is 4.21. The maximum Gasteiger partial charge on any atom is 0.0991 e. The molecule has 1 heterocycles. The highest BCUT2D eigenvalue weighted by Gasteiger charge is 2.32. The number of nitriles is 1. The lowest BCUT2D eigenvalue weighted by Gasteiger charge is -2.36. The first kappa shape index (κ1) is 15.0. The largest absolute Gasteiger partial charge is 0.396 e. The van der Waals surface area contributed by atoms with E-state index < -0.39 is 0 Å². The fourth-order valence-corrected chi connectivity index (χ4v) is 2.53. The summed E-state index contributed by atoms with van der Waals surface area (Å²) < 4.78 is 5.37. The van der Waals surface area contributed by atoms with Gasteiger partial charge in [0.1, 0.15) is 0 Å². The van der Waals surface area contributed by atoms with Gasteiger partial charge in [0.15, 0.2) is 0 Å². The quantitative estimate of drug-likeness (QED) is 0.862. The molecule has 0 amide bonds. The summed E-state index contributed by atoms with van der Waals surface area (Å²) in [5.41, 5.74) is 1.78. The highest BCUT2D eigenvalue weighted by molar-refractivity contribution is 5.32.